The molecule has 3 aromatic carbocycles. The number of nitrogens with one attached hydrogen (secondary N) is 2. The van der Waals surface area contributed by atoms with Crippen LogP contribution in [0.1, 0.15) is 37.8 Å². The number of hydrogen-bond donors (Lipinski definition) is 2. The van der Waals surface area contributed by atoms with Gasteiger partial charge in [-0.3, -0.25) is 13.9 Å². The molecule has 0 aliphatic rings. The highest BCUT2D eigenvalue weighted by atomic mass is 32.2. The summed E-state index contributed by atoms with van der Waals surface area (Å²) >= 11 is 0. The first-order valence-corrected chi connectivity index (χ1v) is 13.0. The highest BCUT2D eigenvalue weighted by Gasteiger charge is 2.27. The van der Waals surface area contributed by atoms with Gasteiger partial charge in [0.25, 0.3) is 15.9 Å². The van der Waals surface area contributed by atoms with E-state index in [0.717, 1.165) is 9.87 Å². The number of amides is 2. The maximum absolute atomic E-state index is 13.5. The standard InChI is InChI=1S/C27H30N4O5S/c1-19(2)22-7-5-21(6-8-22)17-28-30-27(33)18-31(24-11-13-25(36-4)14-12-24)37(34,35)26-15-9-23(10-16-26)29-20(3)32/h5-17,19H,18H2,1-4H3,(H,29,32)(H,30,33)/b28-17-. The van der Waals surface area contributed by atoms with Gasteiger partial charge < -0.3 is 10.1 Å². The van der Waals surface area contributed by atoms with Crippen LogP contribution in [0.25, 0.3) is 0 Å². The van der Waals surface area contributed by atoms with Crippen molar-refractivity contribution in [2.45, 2.75) is 31.6 Å². The first-order valence-electron chi connectivity index (χ1n) is 11.6. The molecule has 9 nitrogen and oxygen atoms in total. The van der Waals surface area contributed by atoms with Crippen molar-refractivity contribution in [3.05, 3.63) is 83.9 Å². The molecule has 0 atom stereocenters. The van der Waals surface area contributed by atoms with Crippen LogP contribution >= 0.6 is 0 Å². The minimum atomic E-state index is -4.14. The monoisotopic (exact) mass is 522 g/mol. The van der Waals surface area contributed by atoms with Gasteiger partial charge in [-0.2, -0.15) is 5.10 Å². The fourth-order valence-corrected chi connectivity index (χ4v) is 4.84. The van der Waals surface area contributed by atoms with E-state index in [1.165, 1.54) is 50.1 Å². The molecule has 0 saturated carbocycles. The van der Waals surface area contributed by atoms with Crippen LogP contribution in [-0.2, 0) is 19.6 Å². The van der Waals surface area contributed by atoms with E-state index in [-0.39, 0.29) is 16.5 Å². The van der Waals surface area contributed by atoms with E-state index in [0.29, 0.717) is 17.4 Å². The second-order valence-corrected chi connectivity index (χ2v) is 10.4. The third-order valence-electron chi connectivity index (χ3n) is 5.42. The van der Waals surface area contributed by atoms with Gasteiger partial charge >= 0.3 is 0 Å². The molecule has 2 amide bonds. The van der Waals surface area contributed by atoms with Crippen LogP contribution in [0.15, 0.2) is 82.8 Å². The third-order valence-corrected chi connectivity index (χ3v) is 7.20. The molecule has 0 heterocycles. The van der Waals surface area contributed by atoms with Gasteiger partial charge in [0, 0.05) is 12.6 Å². The quantitative estimate of drug-likeness (QED) is 0.307. The summed E-state index contributed by atoms with van der Waals surface area (Å²) in [5.41, 5.74) is 5.11. The second kappa shape index (κ2) is 12.2. The van der Waals surface area contributed by atoms with E-state index in [1.807, 2.05) is 24.3 Å². The maximum Gasteiger partial charge on any atom is 0.264 e. The molecule has 0 aliphatic heterocycles. The predicted octanol–water partition coefficient (Wildman–Crippen LogP) is 4.12. The van der Waals surface area contributed by atoms with E-state index in [9.17, 15) is 18.0 Å². The minimum absolute atomic E-state index is 0.0426. The van der Waals surface area contributed by atoms with Crippen molar-refractivity contribution in [3.8, 4) is 5.75 Å². The summed E-state index contributed by atoms with van der Waals surface area (Å²) in [4.78, 5) is 24.0. The summed E-state index contributed by atoms with van der Waals surface area (Å²) in [5, 5.41) is 6.57. The molecule has 194 valence electrons. The number of carbonyl (C=O) groups excluding carboxylic acids is 2. The molecule has 3 rings (SSSR count). The van der Waals surface area contributed by atoms with Gasteiger partial charge in [0.2, 0.25) is 5.91 Å². The lowest BCUT2D eigenvalue weighted by molar-refractivity contribution is -0.119. The zero-order valence-corrected chi connectivity index (χ0v) is 22.0. The van der Waals surface area contributed by atoms with Crippen molar-refractivity contribution < 1.29 is 22.7 Å². The molecule has 37 heavy (non-hydrogen) atoms. The molecular formula is C27H30N4O5S. The number of hydrogen-bond acceptors (Lipinski definition) is 6. The van der Waals surface area contributed by atoms with E-state index >= 15 is 0 Å². The lowest BCUT2D eigenvalue weighted by atomic mass is 10.0. The van der Waals surface area contributed by atoms with Crippen LogP contribution in [0.2, 0.25) is 0 Å². The number of methoxy groups -OCH3 is 1. The largest absolute Gasteiger partial charge is 0.497 e. The second-order valence-electron chi connectivity index (χ2n) is 8.53. The SMILES string of the molecule is COc1ccc(N(CC(=O)N/N=C\c2ccc(C(C)C)cc2)S(=O)(=O)c2ccc(NC(C)=O)cc2)cc1. The molecule has 3 aromatic rings. The number of carbonyl (C=O) groups is 2. The summed E-state index contributed by atoms with van der Waals surface area (Å²) in [7, 11) is -2.64. The van der Waals surface area contributed by atoms with Crippen LogP contribution in [0.3, 0.4) is 0 Å². The maximum atomic E-state index is 13.5. The molecule has 0 radical (unpaired) electrons. The first kappa shape index (κ1) is 27.4. The van der Waals surface area contributed by atoms with E-state index in [2.05, 4.69) is 29.7 Å². The molecular weight excluding hydrogens is 492 g/mol. The summed E-state index contributed by atoms with van der Waals surface area (Å²) in [6, 6.07) is 19.8. The third kappa shape index (κ3) is 7.40. The smallest absolute Gasteiger partial charge is 0.264 e. The summed E-state index contributed by atoms with van der Waals surface area (Å²) in [6.07, 6.45) is 1.50. The number of sulfonamides is 1. The molecule has 0 bridgehead atoms. The van der Waals surface area contributed by atoms with Crippen LogP contribution < -0.4 is 19.8 Å². The number of rotatable bonds is 10. The van der Waals surface area contributed by atoms with Crippen molar-refractivity contribution in [1.29, 1.82) is 0 Å². The van der Waals surface area contributed by atoms with Gasteiger partial charge in [0.05, 0.1) is 23.9 Å². The van der Waals surface area contributed by atoms with Gasteiger partial charge in [-0.15, -0.1) is 0 Å². The van der Waals surface area contributed by atoms with Gasteiger partial charge in [0.1, 0.15) is 12.3 Å². The lowest BCUT2D eigenvalue weighted by Crippen LogP contribution is -2.39. The Morgan fingerprint density at radius 1 is 0.973 bits per heavy atom. The summed E-state index contributed by atoms with van der Waals surface area (Å²) < 4.78 is 33.2. The van der Waals surface area contributed by atoms with Gasteiger partial charge in [-0.25, -0.2) is 13.8 Å². The molecule has 10 heteroatoms. The molecule has 2 N–H and O–H groups in total. The minimum Gasteiger partial charge on any atom is -0.497 e. The average molecular weight is 523 g/mol. The van der Waals surface area contributed by atoms with Crippen molar-refractivity contribution in [2.24, 2.45) is 5.10 Å². The van der Waals surface area contributed by atoms with E-state index in [1.54, 1.807) is 24.3 Å². The molecule has 0 saturated heterocycles. The highest BCUT2D eigenvalue weighted by molar-refractivity contribution is 7.92. The van der Waals surface area contributed by atoms with Crippen LogP contribution in [0.4, 0.5) is 11.4 Å². The van der Waals surface area contributed by atoms with Crippen LogP contribution in [-0.4, -0.2) is 40.1 Å². The topological polar surface area (TPSA) is 117 Å². The van der Waals surface area contributed by atoms with Gasteiger partial charge in [0.15, 0.2) is 0 Å². The van der Waals surface area contributed by atoms with E-state index in [4.69, 9.17) is 4.74 Å². The number of ether oxygens (including phenoxy) is 1. The normalized spacial score (nSPS) is 11.4. The van der Waals surface area contributed by atoms with Crippen molar-refractivity contribution in [1.82, 2.24) is 5.43 Å². The molecule has 0 aliphatic carbocycles. The lowest BCUT2D eigenvalue weighted by Gasteiger charge is -2.24. The Balaban J connectivity index is 1.81. The zero-order chi connectivity index (χ0) is 27.0. The van der Waals surface area contributed by atoms with Crippen molar-refractivity contribution in [2.75, 3.05) is 23.3 Å². The Morgan fingerprint density at radius 3 is 2.14 bits per heavy atom. The Bertz CT molecular complexity index is 1350. The zero-order valence-electron chi connectivity index (χ0n) is 21.1. The van der Waals surface area contributed by atoms with E-state index < -0.39 is 22.5 Å². The van der Waals surface area contributed by atoms with Crippen LogP contribution in [0, 0.1) is 0 Å². The summed E-state index contributed by atoms with van der Waals surface area (Å²) in [6.45, 7) is 5.05. The Kier molecular flexibility index (Phi) is 9.02. The number of nitrogens with zero attached hydrogens (tertiary/aromatic N) is 2. The number of hydrazone groups is 1. The van der Waals surface area contributed by atoms with Gasteiger partial charge in [-0.05, 0) is 65.6 Å². The molecule has 0 unspecified atom stereocenters. The van der Waals surface area contributed by atoms with Gasteiger partial charge in [-0.1, -0.05) is 38.1 Å². The Labute approximate surface area is 217 Å². The molecule has 0 spiro atoms. The highest BCUT2D eigenvalue weighted by Crippen LogP contribution is 2.26. The van der Waals surface area contributed by atoms with Crippen molar-refractivity contribution in [3.63, 3.8) is 0 Å². The Morgan fingerprint density at radius 2 is 1.59 bits per heavy atom. The number of anilines is 2. The fourth-order valence-electron chi connectivity index (χ4n) is 3.42. The fraction of sp³-hybridized carbons (Fsp3) is 0.222. The molecule has 0 fully saturated rings. The van der Waals surface area contributed by atoms with Crippen molar-refractivity contribution >= 4 is 39.4 Å². The number of benzene rings is 3. The average Bonchev–Trinajstić information content (AvgIpc) is 2.87. The summed E-state index contributed by atoms with van der Waals surface area (Å²) in [5.74, 6) is 0.0457. The van der Waals surface area contributed by atoms with Crippen LogP contribution in [0.5, 0.6) is 5.75 Å². The molecule has 0 aromatic heterocycles. The predicted molar refractivity (Wildman–Crippen MR) is 145 cm³/mol. The first-order chi connectivity index (χ1) is 17.6. The Hall–Kier alpha value is -4.18.